The minimum Gasteiger partial charge on any atom is -0.310 e. The van der Waals surface area contributed by atoms with Crippen LogP contribution in [0.25, 0.3) is 0 Å². The lowest BCUT2D eigenvalue weighted by molar-refractivity contribution is 0.542. The molecule has 1 atom stereocenters. The van der Waals surface area contributed by atoms with Gasteiger partial charge in [0.25, 0.3) is 0 Å². The van der Waals surface area contributed by atoms with Gasteiger partial charge in [0.05, 0.1) is 0 Å². The lowest BCUT2D eigenvalue weighted by Gasteiger charge is -2.20. The minimum absolute atomic E-state index is 0.0243. The van der Waals surface area contributed by atoms with Crippen LogP contribution < -0.4 is 5.32 Å². The van der Waals surface area contributed by atoms with Crippen molar-refractivity contribution < 1.29 is 8.78 Å². The second-order valence-electron chi connectivity index (χ2n) is 4.76. The summed E-state index contributed by atoms with van der Waals surface area (Å²) < 4.78 is 28.3. The summed E-state index contributed by atoms with van der Waals surface area (Å²) in [4.78, 5) is 0. The monoisotopic (exact) mass is 465 g/mol. The largest absolute Gasteiger partial charge is 0.310 e. The van der Waals surface area contributed by atoms with E-state index < -0.39 is 0 Å². The molecule has 0 aliphatic carbocycles. The Kier molecular flexibility index (Phi) is 6.13. The van der Waals surface area contributed by atoms with Gasteiger partial charge in [-0.25, -0.2) is 8.78 Å². The Balaban J connectivity index is 2.30. The van der Waals surface area contributed by atoms with E-state index in [0.717, 1.165) is 25.7 Å². The first kappa shape index (κ1) is 16.8. The third-order valence-electron chi connectivity index (χ3n) is 3.15. The zero-order chi connectivity index (χ0) is 15.4. The van der Waals surface area contributed by atoms with E-state index in [2.05, 4.69) is 43.8 Å². The highest BCUT2D eigenvalue weighted by atomic mass is 127. The molecular weight excluding hydrogens is 451 g/mol. The summed E-state index contributed by atoms with van der Waals surface area (Å²) in [5.74, 6) is -0.504. The molecule has 2 aromatic rings. The molecule has 0 spiro atoms. The molecule has 0 heterocycles. The van der Waals surface area contributed by atoms with Gasteiger partial charge in [0.2, 0.25) is 0 Å². The molecule has 0 saturated heterocycles. The van der Waals surface area contributed by atoms with Gasteiger partial charge in [0, 0.05) is 14.1 Å². The van der Waals surface area contributed by atoms with Crippen LogP contribution in [0.15, 0.2) is 40.9 Å². The van der Waals surface area contributed by atoms with Gasteiger partial charge in [-0.05, 0) is 77.0 Å². The van der Waals surface area contributed by atoms with E-state index in [1.54, 1.807) is 6.07 Å². The predicted molar refractivity (Wildman–Crippen MR) is 93.3 cm³/mol. The quantitative estimate of drug-likeness (QED) is 0.596. The van der Waals surface area contributed by atoms with Crippen molar-refractivity contribution in [3.05, 3.63) is 67.2 Å². The third kappa shape index (κ3) is 4.72. The van der Waals surface area contributed by atoms with Crippen molar-refractivity contribution in [2.75, 3.05) is 6.54 Å². The topological polar surface area (TPSA) is 12.0 Å². The van der Waals surface area contributed by atoms with Gasteiger partial charge in [0.1, 0.15) is 11.6 Å². The SMILES string of the molecule is CCNC(Cc1cc(F)cc(Br)c1)c1ccc(F)cc1I. The maximum absolute atomic E-state index is 13.5. The van der Waals surface area contributed by atoms with E-state index in [9.17, 15) is 8.78 Å². The van der Waals surface area contributed by atoms with Crippen LogP contribution in [0.2, 0.25) is 0 Å². The molecule has 0 aliphatic rings. The Bertz CT molecular complexity index is 613. The Hall–Kier alpha value is -0.530. The van der Waals surface area contributed by atoms with Crippen molar-refractivity contribution in [3.8, 4) is 0 Å². The van der Waals surface area contributed by atoms with E-state index in [-0.39, 0.29) is 17.7 Å². The molecule has 0 bridgehead atoms. The first-order valence-corrected chi connectivity index (χ1v) is 8.50. The van der Waals surface area contributed by atoms with Crippen molar-refractivity contribution in [2.45, 2.75) is 19.4 Å². The molecule has 0 aromatic heterocycles. The smallest absolute Gasteiger partial charge is 0.124 e. The Morgan fingerprint density at radius 1 is 1.14 bits per heavy atom. The highest BCUT2D eigenvalue weighted by Crippen LogP contribution is 2.26. The van der Waals surface area contributed by atoms with Crippen LogP contribution in [0, 0.1) is 15.2 Å². The van der Waals surface area contributed by atoms with Crippen molar-refractivity contribution in [1.82, 2.24) is 5.32 Å². The number of nitrogens with one attached hydrogen (secondary N) is 1. The fourth-order valence-electron chi connectivity index (χ4n) is 2.29. The Labute approximate surface area is 145 Å². The van der Waals surface area contributed by atoms with E-state index in [1.165, 1.54) is 24.3 Å². The van der Waals surface area contributed by atoms with Gasteiger partial charge in [-0.3, -0.25) is 0 Å². The van der Waals surface area contributed by atoms with E-state index in [4.69, 9.17) is 0 Å². The summed E-state index contributed by atoms with van der Waals surface area (Å²) >= 11 is 5.44. The van der Waals surface area contributed by atoms with Crippen LogP contribution in [-0.4, -0.2) is 6.54 Å². The van der Waals surface area contributed by atoms with Crippen LogP contribution in [0.4, 0.5) is 8.78 Å². The van der Waals surface area contributed by atoms with Gasteiger partial charge in [-0.15, -0.1) is 0 Å². The van der Waals surface area contributed by atoms with E-state index >= 15 is 0 Å². The van der Waals surface area contributed by atoms with E-state index in [1.807, 2.05) is 13.0 Å². The minimum atomic E-state index is -0.261. The standard InChI is InChI=1S/C16H15BrF2IN/c1-2-21-16(14-4-3-12(18)9-15(14)20)7-10-5-11(17)8-13(19)6-10/h3-6,8-9,16,21H,2,7H2,1H3. The average molecular weight is 466 g/mol. The molecule has 1 N–H and O–H groups in total. The highest BCUT2D eigenvalue weighted by molar-refractivity contribution is 14.1. The van der Waals surface area contributed by atoms with E-state index in [0.29, 0.717) is 6.42 Å². The third-order valence-corrected chi connectivity index (χ3v) is 4.54. The molecule has 0 saturated carbocycles. The van der Waals surface area contributed by atoms with Crippen LogP contribution in [0.1, 0.15) is 24.1 Å². The Morgan fingerprint density at radius 2 is 1.90 bits per heavy atom. The number of rotatable bonds is 5. The van der Waals surface area contributed by atoms with Gasteiger partial charge in [-0.2, -0.15) is 0 Å². The number of hydrogen-bond donors (Lipinski definition) is 1. The molecule has 0 amide bonds. The summed E-state index contributed by atoms with van der Waals surface area (Å²) in [5.41, 5.74) is 1.92. The van der Waals surface area contributed by atoms with Crippen LogP contribution in [0.5, 0.6) is 0 Å². The number of hydrogen-bond acceptors (Lipinski definition) is 1. The number of halogens is 4. The summed E-state index contributed by atoms with van der Waals surface area (Å²) in [6, 6.07) is 9.67. The molecule has 5 heteroatoms. The summed E-state index contributed by atoms with van der Waals surface area (Å²) in [7, 11) is 0. The maximum Gasteiger partial charge on any atom is 0.124 e. The molecule has 0 aliphatic heterocycles. The van der Waals surface area contributed by atoms with Crippen LogP contribution >= 0.6 is 38.5 Å². The zero-order valence-electron chi connectivity index (χ0n) is 11.5. The lowest BCUT2D eigenvalue weighted by atomic mass is 9.98. The lowest BCUT2D eigenvalue weighted by Crippen LogP contribution is -2.24. The molecule has 1 unspecified atom stereocenters. The summed E-state index contributed by atoms with van der Waals surface area (Å²) in [5, 5.41) is 3.38. The molecule has 21 heavy (non-hydrogen) atoms. The second-order valence-corrected chi connectivity index (χ2v) is 6.84. The van der Waals surface area contributed by atoms with Crippen molar-refractivity contribution >= 4 is 38.5 Å². The molecule has 2 aromatic carbocycles. The van der Waals surface area contributed by atoms with Crippen molar-refractivity contribution in [2.24, 2.45) is 0 Å². The average Bonchev–Trinajstić information content (AvgIpc) is 2.37. The molecule has 1 nitrogen and oxygen atoms in total. The normalized spacial score (nSPS) is 12.4. The summed E-state index contributed by atoms with van der Waals surface area (Å²) in [6.07, 6.45) is 0.645. The summed E-state index contributed by atoms with van der Waals surface area (Å²) in [6.45, 7) is 2.81. The van der Waals surface area contributed by atoms with Gasteiger partial charge in [-0.1, -0.05) is 28.9 Å². The van der Waals surface area contributed by atoms with Crippen molar-refractivity contribution in [1.29, 1.82) is 0 Å². The van der Waals surface area contributed by atoms with Gasteiger partial charge >= 0.3 is 0 Å². The van der Waals surface area contributed by atoms with Crippen LogP contribution in [-0.2, 0) is 6.42 Å². The second kappa shape index (κ2) is 7.65. The first-order valence-electron chi connectivity index (χ1n) is 6.63. The zero-order valence-corrected chi connectivity index (χ0v) is 15.2. The highest BCUT2D eigenvalue weighted by Gasteiger charge is 2.15. The van der Waals surface area contributed by atoms with Gasteiger partial charge < -0.3 is 5.32 Å². The fourth-order valence-corrected chi connectivity index (χ4v) is 3.65. The molecular formula is C16H15BrF2IN. The fraction of sp³-hybridized carbons (Fsp3) is 0.250. The molecule has 112 valence electrons. The molecule has 2 rings (SSSR count). The van der Waals surface area contributed by atoms with Crippen molar-refractivity contribution in [3.63, 3.8) is 0 Å². The van der Waals surface area contributed by atoms with Crippen LogP contribution in [0.3, 0.4) is 0 Å². The Morgan fingerprint density at radius 3 is 2.52 bits per heavy atom. The number of benzene rings is 2. The first-order chi connectivity index (χ1) is 9.99. The van der Waals surface area contributed by atoms with Gasteiger partial charge in [0.15, 0.2) is 0 Å². The molecule has 0 fully saturated rings. The molecule has 0 radical (unpaired) electrons. The maximum atomic E-state index is 13.5. The predicted octanol–water partition coefficient (Wildman–Crippen LogP) is 5.23. The number of likely N-dealkylation sites (N-methyl/N-ethyl adjacent to an activating group) is 1.